The molecule has 106 valence electrons. The van der Waals surface area contributed by atoms with Gasteiger partial charge in [0.2, 0.25) is 0 Å². The highest BCUT2D eigenvalue weighted by Gasteiger charge is 2.30. The number of aromatic amines is 1. The van der Waals surface area contributed by atoms with Crippen LogP contribution in [0.2, 0.25) is 0 Å². The fourth-order valence-electron chi connectivity index (χ4n) is 1.56. The van der Waals surface area contributed by atoms with Gasteiger partial charge in [-0.1, -0.05) is 6.07 Å². The Morgan fingerprint density at radius 3 is 2.60 bits per heavy atom. The number of nitrogens with two attached hydrogens (primary N) is 1. The predicted octanol–water partition coefficient (Wildman–Crippen LogP) is 0.398. The van der Waals surface area contributed by atoms with Crippen molar-refractivity contribution >= 4 is 0 Å². The summed E-state index contributed by atoms with van der Waals surface area (Å²) in [5, 5.41) is 3.65. The van der Waals surface area contributed by atoms with Gasteiger partial charge in [0.15, 0.2) is 0 Å². The van der Waals surface area contributed by atoms with Crippen LogP contribution < -0.4 is 17.0 Å². The molecule has 6 nitrogen and oxygen atoms in total. The van der Waals surface area contributed by atoms with Crippen LogP contribution in [0.3, 0.4) is 0 Å². The van der Waals surface area contributed by atoms with Crippen LogP contribution in [0, 0.1) is 0 Å². The van der Waals surface area contributed by atoms with E-state index in [2.05, 4.69) is 5.10 Å². The van der Waals surface area contributed by atoms with Crippen molar-refractivity contribution in [2.24, 2.45) is 5.73 Å². The molecule has 0 saturated heterocycles. The van der Waals surface area contributed by atoms with E-state index < -0.39 is 23.0 Å². The van der Waals surface area contributed by atoms with E-state index in [9.17, 15) is 22.8 Å². The zero-order valence-corrected chi connectivity index (χ0v) is 9.94. The lowest BCUT2D eigenvalue weighted by molar-refractivity contribution is -0.137. The number of aromatic nitrogens is 3. The number of halogens is 3. The maximum atomic E-state index is 12.6. The van der Waals surface area contributed by atoms with Gasteiger partial charge < -0.3 is 5.73 Å². The highest BCUT2D eigenvalue weighted by molar-refractivity contribution is 5.35. The molecule has 0 bridgehead atoms. The topological polar surface area (TPSA) is 93.8 Å². The summed E-state index contributed by atoms with van der Waals surface area (Å²) >= 11 is 0. The van der Waals surface area contributed by atoms with Crippen LogP contribution in [0.15, 0.2) is 33.9 Å². The summed E-state index contributed by atoms with van der Waals surface area (Å²) in [6, 6.07) is 4.03. The molecule has 0 fully saturated rings. The van der Waals surface area contributed by atoms with E-state index in [0.717, 1.165) is 18.2 Å². The van der Waals surface area contributed by atoms with Crippen molar-refractivity contribution in [1.29, 1.82) is 0 Å². The zero-order chi connectivity index (χ0) is 14.9. The van der Waals surface area contributed by atoms with E-state index in [1.807, 2.05) is 4.98 Å². The SMILES string of the molecule is NCc1nn(-c2cccc(C(F)(F)F)c2)c(=O)[nH]c1=O. The molecule has 0 aliphatic rings. The molecule has 0 aliphatic heterocycles. The summed E-state index contributed by atoms with van der Waals surface area (Å²) in [6.45, 7) is -0.241. The van der Waals surface area contributed by atoms with E-state index >= 15 is 0 Å². The minimum Gasteiger partial charge on any atom is -0.325 e. The number of hydrogen-bond acceptors (Lipinski definition) is 4. The molecule has 2 rings (SSSR count). The Morgan fingerprint density at radius 2 is 2.00 bits per heavy atom. The first-order valence-corrected chi connectivity index (χ1v) is 5.43. The van der Waals surface area contributed by atoms with Crippen LogP contribution in [0.25, 0.3) is 5.69 Å². The summed E-state index contributed by atoms with van der Waals surface area (Å²) in [7, 11) is 0. The molecule has 1 heterocycles. The highest BCUT2D eigenvalue weighted by Crippen LogP contribution is 2.29. The smallest absolute Gasteiger partial charge is 0.325 e. The van der Waals surface area contributed by atoms with Gasteiger partial charge in [-0.05, 0) is 18.2 Å². The molecule has 0 atom stereocenters. The molecule has 1 aromatic carbocycles. The monoisotopic (exact) mass is 286 g/mol. The summed E-state index contributed by atoms with van der Waals surface area (Å²) in [5.74, 6) is 0. The van der Waals surface area contributed by atoms with Crippen LogP contribution in [0.5, 0.6) is 0 Å². The Morgan fingerprint density at radius 1 is 1.30 bits per heavy atom. The predicted molar refractivity (Wildman–Crippen MR) is 63.3 cm³/mol. The fraction of sp³-hybridized carbons (Fsp3) is 0.182. The van der Waals surface area contributed by atoms with Crippen LogP contribution in [-0.4, -0.2) is 14.8 Å². The second-order valence-electron chi connectivity index (χ2n) is 3.87. The molecule has 9 heteroatoms. The van der Waals surface area contributed by atoms with Crippen LogP contribution >= 0.6 is 0 Å². The second kappa shape index (κ2) is 4.93. The maximum absolute atomic E-state index is 12.6. The number of benzene rings is 1. The first-order valence-electron chi connectivity index (χ1n) is 5.43. The van der Waals surface area contributed by atoms with Crippen molar-refractivity contribution in [3.05, 3.63) is 56.4 Å². The van der Waals surface area contributed by atoms with E-state index in [-0.39, 0.29) is 17.9 Å². The van der Waals surface area contributed by atoms with Gasteiger partial charge in [0, 0.05) is 6.54 Å². The molecular formula is C11H9F3N4O2. The summed E-state index contributed by atoms with van der Waals surface area (Å²) in [6.07, 6.45) is -4.54. The summed E-state index contributed by atoms with van der Waals surface area (Å²) in [4.78, 5) is 24.8. The van der Waals surface area contributed by atoms with E-state index in [1.54, 1.807) is 0 Å². The zero-order valence-electron chi connectivity index (χ0n) is 9.94. The molecular weight excluding hydrogens is 277 g/mol. The molecule has 0 spiro atoms. The summed E-state index contributed by atoms with van der Waals surface area (Å²) < 4.78 is 38.5. The van der Waals surface area contributed by atoms with Crippen molar-refractivity contribution in [2.45, 2.75) is 12.7 Å². The third kappa shape index (κ3) is 2.62. The molecule has 20 heavy (non-hydrogen) atoms. The number of nitrogens with zero attached hydrogens (tertiary/aromatic N) is 2. The van der Waals surface area contributed by atoms with Crippen molar-refractivity contribution in [2.75, 3.05) is 0 Å². The van der Waals surface area contributed by atoms with Gasteiger partial charge >= 0.3 is 11.9 Å². The normalized spacial score (nSPS) is 11.6. The Kier molecular flexibility index (Phi) is 3.45. The van der Waals surface area contributed by atoms with Gasteiger partial charge in [-0.15, -0.1) is 0 Å². The summed E-state index contributed by atoms with van der Waals surface area (Å²) in [5.41, 5.74) is 2.37. The van der Waals surface area contributed by atoms with Gasteiger partial charge in [0.25, 0.3) is 5.56 Å². The van der Waals surface area contributed by atoms with Gasteiger partial charge in [-0.2, -0.15) is 23.0 Å². The minimum absolute atomic E-state index is 0.115. The largest absolute Gasteiger partial charge is 0.416 e. The molecule has 2 aromatic rings. The average Bonchev–Trinajstić information content (AvgIpc) is 2.38. The van der Waals surface area contributed by atoms with Crippen LogP contribution in [-0.2, 0) is 12.7 Å². The van der Waals surface area contributed by atoms with Crippen LogP contribution in [0.1, 0.15) is 11.3 Å². The molecule has 0 radical (unpaired) electrons. The fourth-order valence-corrected chi connectivity index (χ4v) is 1.56. The molecule has 3 N–H and O–H groups in total. The van der Waals surface area contributed by atoms with Gasteiger partial charge in [-0.3, -0.25) is 9.78 Å². The Balaban J connectivity index is 2.63. The van der Waals surface area contributed by atoms with Crippen molar-refractivity contribution in [3.8, 4) is 5.69 Å². The lowest BCUT2D eigenvalue weighted by Crippen LogP contribution is -2.35. The van der Waals surface area contributed by atoms with E-state index in [4.69, 9.17) is 5.73 Å². The number of alkyl halides is 3. The second-order valence-corrected chi connectivity index (χ2v) is 3.87. The first-order chi connectivity index (χ1) is 9.32. The maximum Gasteiger partial charge on any atom is 0.416 e. The lowest BCUT2D eigenvalue weighted by Gasteiger charge is -2.09. The van der Waals surface area contributed by atoms with E-state index in [0.29, 0.717) is 4.68 Å². The van der Waals surface area contributed by atoms with Gasteiger partial charge in [-0.25, -0.2) is 4.79 Å². The van der Waals surface area contributed by atoms with Gasteiger partial charge in [0.05, 0.1) is 11.3 Å². The van der Waals surface area contributed by atoms with E-state index in [1.165, 1.54) is 6.07 Å². The third-order valence-electron chi connectivity index (χ3n) is 2.51. The molecule has 0 amide bonds. The number of nitrogens with one attached hydrogen (secondary N) is 1. The van der Waals surface area contributed by atoms with Crippen molar-refractivity contribution < 1.29 is 13.2 Å². The first kappa shape index (κ1) is 14.0. The Bertz CT molecular complexity index is 748. The average molecular weight is 286 g/mol. The number of rotatable bonds is 2. The quantitative estimate of drug-likeness (QED) is 0.835. The number of H-pyrrole nitrogens is 1. The molecule has 0 saturated carbocycles. The minimum atomic E-state index is -4.54. The molecule has 0 aliphatic carbocycles. The van der Waals surface area contributed by atoms with Gasteiger partial charge in [0.1, 0.15) is 5.69 Å². The standard InChI is InChI=1S/C11H9F3N4O2/c12-11(13,14)6-2-1-3-7(4-6)18-10(20)16-9(19)8(5-15)17-18/h1-4H,5,15H2,(H,16,19,20). The Hall–Kier alpha value is -2.42. The number of hydrogen-bond donors (Lipinski definition) is 2. The Labute approximate surface area is 109 Å². The molecule has 1 aromatic heterocycles. The molecule has 0 unspecified atom stereocenters. The lowest BCUT2D eigenvalue weighted by atomic mass is 10.2. The van der Waals surface area contributed by atoms with Crippen molar-refractivity contribution in [1.82, 2.24) is 14.8 Å². The van der Waals surface area contributed by atoms with Crippen molar-refractivity contribution in [3.63, 3.8) is 0 Å². The highest BCUT2D eigenvalue weighted by atomic mass is 19.4. The van der Waals surface area contributed by atoms with Crippen LogP contribution in [0.4, 0.5) is 13.2 Å². The third-order valence-corrected chi connectivity index (χ3v) is 2.51.